The number of nitrogens with one attached hydrogen (secondary N) is 1. The molecule has 0 spiro atoms. The maximum atomic E-state index is 13.6. The summed E-state index contributed by atoms with van der Waals surface area (Å²) in [5.41, 5.74) is 3.58. The van der Waals surface area contributed by atoms with Gasteiger partial charge in [0.1, 0.15) is 0 Å². The second kappa shape index (κ2) is 6.57. The van der Waals surface area contributed by atoms with Crippen LogP contribution in [0.2, 0.25) is 0 Å². The van der Waals surface area contributed by atoms with E-state index in [0.29, 0.717) is 5.92 Å². The monoisotopic (exact) mass is 240 g/mol. The quantitative estimate of drug-likeness (QED) is 0.593. The van der Waals surface area contributed by atoms with E-state index in [9.17, 15) is 4.39 Å². The zero-order chi connectivity index (χ0) is 12.8. The molecule has 1 aromatic rings. The molecule has 3 nitrogen and oxygen atoms in total. The van der Waals surface area contributed by atoms with Crippen LogP contribution in [0.4, 0.5) is 4.39 Å². The summed E-state index contributed by atoms with van der Waals surface area (Å²) in [6.07, 6.45) is 1.93. The lowest BCUT2D eigenvalue weighted by molar-refractivity contribution is 0.384. The van der Waals surface area contributed by atoms with Gasteiger partial charge < -0.3 is 4.74 Å². The van der Waals surface area contributed by atoms with Gasteiger partial charge in [-0.25, -0.2) is 4.39 Å². The largest absolute Gasteiger partial charge is 0.494 e. The average Bonchev–Trinajstić information content (AvgIpc) is 2.29. The van der Waals surface area contributed by atoms with Gasteiger partial charge in [0.25, 0.3) is 0 Å². The molecule has 1 unspecified atom stereocenters. The van der Waals surface area contributed by atoms with Crippen molar-refractivity contribution in [2.45, 2.75) is 32.7 Å². The minimum atomic E-state index is -0.352. The van der Waals surface area contributed by atoms with E-state index >= 15 is 0 Å². The van der Waals surface area contributed by atoms with E-state index in [1.54, 1.807) is 6.07 Å². The Kier molecular flexibility index (Phi) is 5.38. The maximum absolute atomic E-state index is 13.6. The van der Waals surface area contributed by atoms with Crippen LogP contribution in [0.15, 0.2) is 18.2 Å². The predicted molar refractivity (Wildman–Crippen MR) is 67.1 cm³/mol. The molecular weight excluding hydrogens is 219 g/mol. The molecule has 0 radical (unpaired) electrons. The van der Waals surface area contributed by atoms with Crippen LogP contribution in [0.25, 0.3) is 0 Å². The highest BCUT2D eigenvalue weighted by Gasteiger charge is 2.13. The summed E-state index contributed by atoms with van der Waals surface area (Å²) in [5, 5.41) is 0. The van der Waals surface area contributed by atoms with E-state index in [0.717, 1.165) is 18.4 Å². The van der Waals surface area contributed by atoms with E-state index in [1.807, 2.05) is 6.07 Å². The topological polar surface area (TPSA) is 47.3 Å². The van der Waals surface area contributed by atoms with Crippen LogP contribution in [-0.2, 0) is 0 Å². The Morgan fingerprint density at radius 2 is 2.06 bits per heavy atom. The number of ether oxygens (including phenoxy) is 1. The SMILES string of the molecule is COc1ccc(C(CCC(C)C)NN)cc1F. The van der Waals surface area contributed by atoms with Crippen molar-refractivity contribution in [3.63, 3.8) is 0 Å². The lowest BCUT2D eigenvalue weighted by Gasteiger charge is -2.18. The first-order chi connectivity index (χ1) is 8.08. The first kappa shape index (κ1) is 13.9. The summed E-state index contributed by atoms with van der Waals surface area (Å²) in [7, 11) is 1.45. The van der Waals surface area contributed by atoms with Gasteiger partial charge in [-0.1, -0.05) is 19.9 Å². The highest BCUT2D eigenvalue weighted by atomic mass is 19.1. The fraction of sp³-hybridized carbons (Fsp3) is 0.538. The molecule has 96 valence electrons. The third-order valence-electron chi connectivity index (χ3n) is 2.81. The standard InChI is InChI=1S/C13H21FN2O/c1-9(2)4-6-12(16-15)10-5-7-13(17-3)11(14)8-10/h5,7-9,12,16H,4,6,15H2,1-3H3. The summed E-state index contributed by atoms with van der Waals surface area (Å²) >= 11 is 0. The van der Waals surface area contributed by atoms with Crippen molar-refractivity contribution in [2.75, 3.05) is 7.11 Å². The highest BCUT2D eigenvalue weighted by Crippen LogP contribution is 2.25. The molecule has 1 atom stereocenters. The minimum Gasteiger partial charge on any atom is -0.494 e. The van der Waals surface area contributed by atoms with Gasteiger partial charge in [0.2, 0.25) is 0 Å². The molecule has 0 fully saturated rings. The number of nitrogens with two attached hydrogens (primary N) is 1. The number of hydrazine groups is 1. The molecule has 0 amide bonds. The summed E-state index contributed by atoms with van der Waals surface area (Å²) in [4.78, 5) is 0. The van der Waals surface area contributed by atoms with Gasteiger partial charge >= 0.3 is 0 Å². The number of halogens is 1. The van der Waals surface area contributed by atoms with Crippen LogP contribution in [0.5, 0.6) is 5.75 Å². The first-order valence-corrected chi connectivity index (χ1v) is 5.88. The highest BCUT2D eigenvalue weighted by molar-refractivity contribution is 5.30. The predicted octanol–water partition coefficient (Wildman–Crippen LogP) is 2.77. The Labute approximate surface area is 102 Å². The lowest BCUT2D eigenvalue weighted by Crippen LogP contribution is -2.28. The molecule has 0 bridgehead atoms. The van der Waals surface area contributed by atoms with E-state index < -0.39 is 0 Å². The normalized spacial score (nSPS) is 12.8. The summed E-state index contributed by atoms with van der Waals surface area (Å²) in [6, 6.07) is 4.93. The molecule has 0 aromatic heterocycles. The molecular formula is C13H21FN2O. The van der Waals surface area contributed by atoms with Crippen molar-refractivity contribution in [1.82, 2.24) is 5.43 Å². The second-order valence-electron chi connectivity index (χ2n) is 4.58. The fourth-order valence-corrected chi connectivity index (χ4v) is 1.75. The zero-order valence-corrected chi connectivity index (χ0v) is 10.7. The first-order valence-electron chi connectivity index (χ1n) is 5.88. The van der Waals surface area contributed by atoms with Crippen LogP contribution in [0, 0.1) is 11.7 Å². The van der Waals surface area contributed by atoms with Crippen LogP contribution < -0.4 is 16.0 Å². The Bertz CT molecular complexity index is 355. The molecule has 0 aliphatic heterocycles. The van der Waals surface area contributed by atoms with Gasteiger partial charge in [0, 0.05) is 6.04 Å². The second-order valence-corrected chi connectivity index (χ2v) is 4.58. The molecule has 1 rings (SSSR count). The van der Waals surface area contributed by atoms with E-state index in [-0.39, 0.29) is 17.6 Å². The van der Waals surface area contributed by atoms with Crippen LogP contribution in [0.3, 0.4) is 0 Å². The van der Waals surface area contributed by atoms with Gasteiger partial charge in [-0.3, -0.25) is 11.3 Å². The van der Waals surface area contributed by atoms with E-state index in [1.165, 1.54) is 13.2 Å². The molecule has 0 saturated carbocycles. The molecule has 0 aliphatic rings. The van der Waals surface area contributed by atoms with Crippen molar-refractivity contribution >= 4 is 0 Å². The maximum Gasteiger partial charge on any atom is 0.165 e. The van der Waals surface area contributed by atoms with Crippen molar-refractivity contribution in [3.05, 3.63) is 29.6 Å². The van der Waals surface area contributed by atoms with Gasteiger partial charge in [0.15, 0.2) is 11.6 Å². The summed E-state index contributed by atoms with van der Waals surface area (Å²) in [5.74, 6) is 6.02. The number of methoxy groups -OCH3 is 1. The van der Waals surface area contributed by atoms with E-state index in [2.05, 4.69) is 19.3 Å². The lowest BCUT2D eigenvalue weighted by atomic mass is 9.98. The molecule has 0 aliphatic carbocycles. The van der Waals surface area contributed by atoms with Crippen molar-refractivity contribution in [1.29, 1.82) is 0 Å². The van der Waals surface area contributed by atoms with Crippen LogP contribution >= 0.6 is 0 Å². The van der Waals surface area contributed by atoms with Gasteiger partial charge in [-0.2, -0.15) is 0 Å². The Morgan fingerprint density at radius 3 is 2.53 bits per heavy atom. The van der Waals surface area contributed by atoms with Crippen molar-refractivity contribution in [2.24, 2.45) is 11.8 Å². The molecule has 4 heteroatoms. The van der Waals surface area contributed by atoms with Gasteiger partial charge in [-0.15, -0.1) is 0 Å². The third-order valence-corrected chi connectivity index (χ3v) is 2.81. The molecule has 0 saturated heterocycles. The number of hydrogen-bond acceptors (Lipinski definition) is 3. The number of hydrogen-bond donors (Lipinski definition) is 2. The third kappa shape index (κ3) is 3.98. The number of benzene rings is 1. The molecule has 3 N–H and O–H groups in total. The van der Waals surface area contributed by atoms with Crippen LogP contribution in [-0.4, -0.2) is 7.11 Å². The van der Waals surface area contributed by atoms with Crippen LogP contribution in [0.1, 0.15) is 38.3 Å². The molecule has 17 heavy (non-hydrogen) atoms. The fourth-order valence-electron chi connectivity index (χ4n) is 1.75. The molecule has 0 heterocycles. The smallest absolute Gasteiger partial charge is 0.165 e. The number of rotatable bonds is 6. The Hall–Kier alpha value is -1.13. The minimum absolute atomic E-state index is 0.0159. The van der Waals surface area contributed by atoms with Crippen molar-refractivity contribution < 1.29 is 9.13 Å². The average molecular weight is 240 g/mol. The van der Waals surface area contributed by atoms with Crippen molar-refractivity contribution in [3.8, 4) is 5.75 Å². The molecule has 1 aromatic carbocycles. The van der Waals surface area contributed by atoms with Gasteiger partial charge in [0.05, 0.1) is 7.11 Å². The summed E-state index contributed by atoms with van der Waals surface area (Å²) in [6.45, 7) is 4.31. The summed E-state index contributed by atoms with van der Waals surface area (Å²) < 4.78 is 18.4. The van der Waals surface area contributed by atoms with Gasteiger partial charge in [-0.05, 0) is 36.5 Å². The Balaban J connectivity index is 2.78. The Morgan fingerprint density at radius 1 is 1.35 bits per heavy atom. The zero-order valence-electron chi connectivity index (χ0n) is 10.7. The van der Waals surface area contributed by atoms with E-state index in [4.69, 9.17) is 10.6 Å².